The molecule has 154 valence electrons. The van der Waals surface area contributed by atoms with Gasteiger partial charge in [0.2, 0.25) is 10.0 Å². The minimum Gasteiger partial charge on any atom is -0.490 e. The minimum absolute atomic E-state index is 0.0132. The van der Waals surface area contributed by atoms with Crippen LogP contribution < -0.4 is 15.6 Å². The Kier molecular flexibility index (Phi) is 6.35. The molecular weight excluding hydrogens is 400 g/mol. The molecule has 0 aliphatic carbocycles. The molecule has 0 atom stereocenters. The standard InChI is InChI=1S/C19H20N2O7S/c20-29(24,25)15-9-7-14(8-10-15)26-12-13-27-18(22)6-3-11-21-16-4-1-2-5-17(16)28-19(21)23/h1-2,4-5,7-10H,3,6,11-13H2,(H2,20,24,25). The van der Waals surface area contributed by atoms with Crippen LogP contribution in [0.3, 0.4) is 0 Å². The summed E-state index contributed by atoms with van der Waals surface area (Å²) in [5.74, 6) is -0.430. The second kappa shape index (κ2) is 8.93. The zero-order valence-corrected chi connectivity index (χ0v) is 16.3. The highest BCUT2D eigenvalue weighted by Gasteiger charge is 2.10. The van der Waals surface area contributed by atoms with Crippen molar-refractivity contribution in [1.82, 2.24) is 4.57 Å². The summed E-state index contributed by atoms with van der Waals surface area (Å²) in [6.07, 6.45) is 0.577. The first-order valence-electron chi connectivity index (χ1n) is 8.84. The van der Waals surface area contributed by atoms with Gasteiger partial charge in [0, 0.05) is 13.0 Å². The molecule has 3 rings (SSSR count). The Bertz CT molecular complexity index is 1150. The monoisotopic (exact) mass is 420 g/mol. The average molecular weight is 420 g/mol. The molecule has 0 amide bonds. The first-order valence-corrected chi connectivity index (χ1v) is 10.4. The van der Waals surface area contributed by atoms with Crippen LogP contribution in [0.2, 0.25) is 0 Å². The number of esters is 1. The lowest BCUT2D eigenvalue weighted by Gasteiger charge is -2.08. The molecule has 1 heterocycles. The molecule has 10 heteroatoms. The van der Waals surface area contributed by atoms with Gasteiger partial charge in [0.15, 0.2) is 5.58 Å². The fourth-order valence-electron chi connectivity index (χ4n) is 2.72. The average Bonchev–Trinajstić information content (AvgIpc) is 3.00. The summed E-state index contributed by atoms with van der Waals surface area (Å²) in [6, 6.07) is 12.7. The molecule has 2 N–H and O–H groups in total. The lowest BCUT2D eigenvalue weighted by molar-refractivity contribution is -0.144. The summed E-state index contributed by atoms with van der Waals surface area (Å²) in [7, 11) is -3.75. The second-order valence-corrected chi connectivity index (χ2v) is 7.74. The van der Waals surface area contributed by atoms with E-state index in [1.807, 2.05) is 6.07 Å². The lowest BCUT2D eigenvalue weighted by atomic mass is 10.3. The SMILES string of the molecule is NS(=O)(=O)c1ccc(OCCOC(=O)CCCn2c(=O)oc3ccccc32)cc1. The largest absolute Gasteiger partial charge is 0.490 e. The Labute approximate surface area is 166 Å². The number of sulfonamides is 1. The highest BCUT2D eigenvalue weighted by atomic mass is 32.2. The normalized spacial score (nSPS) is 11.5. The number of oxazole rings is 1. The molecule has 0 aliphatic heterocycles. The number of hydrogen-bond acceptors (Lipinski definition) is 7. The maximum atomic E-state index is 11.9. The number of aryl methyl sites for hydroxylation is 1. The van der Waals surface area contributed by atoms with E-state index in [1.54, 1.807) is 18.2 Å². The van der Waals surface area contributed by atoms with Crippen molar-refractivity contribution in [2.75, 3.05) is 13.2 Å². The molecular formula is C19H20N2O7S. The van der Waals surface area contributed by atoms with E-state index in [1.165, 1.54) is 28.8 Å². The molecule has 0 saturated carbocycles. The van der Waals surface area contributed by atoms with Gasteiger partial charge in [-0.2, -0.15) is 0 Å². The summed E-state index contributed by atoms with van der Waals surface area (Å²) in [6.45, 7) is 0.508. The van der Waals surface area contributed by atoms with Crippen molar-refractivity contribution in [2.45, 2.75) is 24.3 Å². The van der Waals surface area contributed by atoms with Crippen LogP contribution in [-0.2, 0) is 26.1 Å². The van der Waals surface area contributed by atoms with Crippen LogP contribution in [0.5, 0.6) is 5.75 Å². The number of ether oxygens (including phenoxy) is 2. The Balaban J connectivity index is 1.38. The molecule has 0 saturated heterocycles. The van der Waals surface area contributed by atoms with Gasteiger partial charge in [0.25, 0.3) is 0 Å². The zero-order chi connectivity index (χ0) is 20.9. The fourth-order valence-corrected chi connectivity index (χ4v) is 3.24. The molecule has 0 bridgehead atoms. The summed E-state index contributed by atoms with van der Waals surface area (Å²) in [5.41, 5.74) is 1.20. The van der Waals surface area contributed by atoms with Gasteiger partial charge in [-0.25, -0.2) is 18.4 Å². The third-order valence-corrected chi connectivity index (χ3v) is 5.03. The summed E-state index contributed by atoms with van der Waals surface area (Å²) in [5, 5.41) is 5.02. The predicted molar refractivity (Wildman–Crippen MR) is 104 cm³/mol. The van der Waals surface area contributed by atoms with Crippen LogP contribution >= 0.6 is 0 Å². The number of aromatic nitrogens is 1. The Morgan fingerprint density at radius 2 is 1.79 bits per heavy atom. The number of rotatable bonds is 9. The second-order valence-electron chi connectivity index (χ2n) is 6.18. The van der Waals surface area contributed by atoms with Crippen molar-refractivity contribution in [2.24, 2.45) is 5.14 Å². The Morgan fingerprint density at radius 3 is 2.52 bits per heavy atom. The molecule has 2 aromatic carbocycles. The Morgan fingerprint density at radius 1 is 1.07 bits per heavy atom. The van der Waals surface area contributed by atoms with Crippen LogP contribution in [0.4, 0.5) is 0 Å². The number of nitrogens with zero attached hydrogens (tertiary/aromatic N) is 1. The predicted octanol–water partition coefficient (Wildman–Crippen LogP) is 1.64. The van der Waals surface area contributed by atoms with E-state index in [0.717, 1.165) is 0 Å². The fraction of sp³-hybridized carbons (Fsp3) is 0.263. The maximum Gasteiger partial charge on any atom is 0.419 e. The number of fused-ring (bicyclic) bond motifs is 1. The van der Waals surface area contributed by atoms with E-state index >= 15 is 0 Å². The van der Waals surface area contributed by atoms with E-state index in [4.69, 9.17) is 19.0 Å². The molecule has 0 unspecified atom stereocenters. The number of carbonyl (C=O) groups excluding carboxylic acids is 1. The maximum absolute atomic E-state index is 11.9. The molecule has 3 aromatic rings. The smallest absolute Gasteiger partial charge is 0.419 e. The van der Waals surface area contributed by atoms with Crippen LogP contribution in [0.15, 0.2) is 62.6 Å². The number of hydrogen-bond donors (Lipinski definition) is 1. The lowest BCUT2D eigenvalue weighted by Crippen LogP contribution is -2.16. The molecule has 0 fully saturated rings. The molecule has 0 spiro atoms. The van der Waals surface area contributed by atoms with Crippen molar-refractivity contribution in [3.05, 3.63) is 59.1 Å². The first-order chi connectivity index (χ1) is 13.8. The van der Waals surface area contributed by atoms with Gasteiger partial charge < -0.3 is 13.9 Å². The third kappa shape index (κ3) is 5.46. The number of carbonyl (C=O) groups is 1. The van der Waals surface area contributed by atoms with Crippen LogP contribution in [0.1, 0.15) is 12.8 Å². The zero-order valence-electron chi connectivity index (χ0n) is 15.4. The number of nitrogens with two attached hydrogens (primary N) is 1. The van der Waals surface area contributed by atoms with Crippen molar-refractivity contribution in [3.8, 4) is 5.75 Å². The summed E-state index contributed by atoms with van der Waals surface area (Å²) in [4.78, 5) is 23.7. The van der Waals surface area contributed by atoms with Crippen LogP contribution in [0, 0.1) is 0 Å². The van der Waals surface area contributed by atoms with E-state index < -0.39 is 21.7 Å². The van der Waals surface area contributed by atoms with Gasteiger partial charge in [0.1, 0.15) is 19.0 Å². The molecule has 29 heavy (non-hydrogen) atoms. The van der Waals surface area contributed by atoms with Gasteiger partial charge in [0.05, 0.1) is 10.4 Å². The van der Waals surface area contributed by atoms with E-state index in [0.29, 0.717) is 29.8 Å². The van der Waals surface area contributed by atoms with E-state index in [9.17, 15) is 18.0 Å². The summed E-state index contributed by atoms with van der Waals surface area (Å²) >= 11 is 0. The van der Waals surface area contributed by atoms with Crippen LogP contribution in [0.25, 0.3) is 11.1 Å². The van der Waals surface area contributed by atoms with Gasteiger partial charge in [-0.3, -0.25) is 9.36 Å². The topological polar surface area (TPSA) is 131 Å². The Hall–Kier alpha value is -3.11. The van der Waals surface area contributed by atoms with Crippen LogP contribution in [-0.4, -0.2) is 32.2 Å². The van der Waals surface area contributed by atoms with Crippen molar-refractivity contribution in [3.63, 3.8) is 0 Å². The van der Waals surface area contributed by atoms with Crippen molar-refractivity contribution >= 4 is 27.1 Å². The number of para-hydroxylation sites is 2. The quantitative estimate of drug-likeness (QED) is 0.411. The molecule has 9 nitrogen and oxygen atoms in total. The van der Waals surface area contributed by atoms with Gasteiger partial charge >= 0.3 is 11.7 Å². The van der Waals surface area contributed by atoms with Gasteiger partial charge in [-0.15, -0.1) is 0 Å². The highest BCUT2D eigenvalue weighted by Crippen LogP contribution is 2.15. The molecule has 1 aromatic heterocycles. The van der Waals surface area contributed by atoms with E-state index in [-0.39, 0.29) is 24.5 Å². The van der Waals surface area contributed by atoms with E-state index in [2.05, 4.69) is 0 Å². The molecule has 0 radical (unpaired) electrons. The molecule has 0 aliphatic rings. The van der Waals surface area contributed by atoms with Crippen molar-refractivity contribution in [1.29, 1.82) is 0 Å². The number of primary sulfonamides is 1. The minimum atomic E-state index is -3.75. The van der Waals surface area contributed by atoms with Crippen molar-refractivity contribution < 1.29 is 27.1 Å². The van der Waals surface area contributed by atoms with Gasteiger partial charge in [-0.1, -0.05) is 12.1 Å². The number of benzene rings is 2. The van der Waals surface area contributed by atoms with Gasteiger partial charge in [-0.05, 0) is 42.8 Å². The highest BCUT2D eigenvalue weighted by molar-refractivity contribution is 7.89. The summed E-state index contributed by atoms with van der Waals surface area (Å²) < 4.78 is 39.4. The first kappa shape index (κ1) is 20.6. The third-order valence-electron chi connectivity index (χ3n) is 4.10.